The number of carbonyl (C=O) groups excluding carboxylic acids is 1. The molecule has 0 unspecified atom stereocenters. The molecule has 2 N–H and O–H groups in total. The minimum Gasteiger partial charge on any atom is -0.487 e. The number of ether oxygens (including phenoxy) is 2. The van der Waals surface area contributed by atoms with Gasteiger partial charge in [0.15, 0.2) is 0 Å². The Morgan fingerprint density at radius 2 is 2.20 bits per heavy atom. The zero-order valence-electron chi connectivity index (χ0n) is 15.2. The number of aliphatic hydroxyl groups excluding tert-OH is 1. The largest absolute Gasteiger partial charge is 0.487 e. The number of nitrogens with one attached hydrogen (secondary N) is 1. The van der Waals surface area contributed by atoms with Gasteiger partial charge in [-0.05, 0) is 31.0 Å². The van der Waals surface area contributed by atoms with Crippen molar-refractivity contribution in [3.8, 4) is 5.75 Å². The first-order chi connectivity index (χ1) is 12.0. The normalized spacial score (nSPS) is 27.2. The highest BCUT2D eigenvalue weighted by atomic mass is 16.6. The van der Waals surface area contributed by atoms with E-state index in [0.29, 0.717) is 13.0 Å². The Morgan fingerprint density at radius 3 is 2.88 bits per heavy atom. The lowest BCUT2D eigenvalue weighted by Gasteiger charge is -2.37. The van der Waals surface area contributed by atoms with Gasteiger partial charge in [0, 0.05) is 37.8 Å². The SMILES string of the molecule is CCCNC(=O)C[C@@H]1C[C@H]2c3cc(N(C)C)ccc3O[C@H]2[C@@H](CO)O1. The molecule has 0 saturated carbocycles. The fourth-order valence-corrected chi connectivity index (χ4v) is 3.70. The third kappa shape index (κ3) is 3.75. The maximum Gasteiger partial charge on any atom is 0.222 e. The summed E-state index contributed by atoms with van der Waals surface area (Å²) in [5.41, 5.74) is 2.27. The van der Waals surface area contributed by atoms with Gasteiger partial charge in [0.1, 0.15) is 18.0 Å². The van der Waals surface area contributed by atoms with E-state index in [2.05, 4.69) is 16.3 Å². The Bertz CT molecular complexity index is 619. The van der Waals surface area contributed by atoms with E-state index in [1.807, 2.05) is 33.2 Å². The van der Waals surface area contributed by atoms with E-state index < -0.39 is 6.10 Å². The van der Waals surface area contributed by atoms with Crippen molar-refractivity contribution < 1.29 is 19.4 Å². The van der Waals surface area contributed by atoms with Crippen molar-refractivity contribution in [3.63, 3.8) is 0 Å². The summed E-state index contributed by atoms with van der Waals surface area (Å²) in [6.07, 6.45) is 1.17. The van der Waals surface area contributed by atoms with Gasteiger partial charge in [-0.15, -0.1) is 0 Å². The Labute approximate surface area is 149 Å². The van der Waals surface area contributed by atoms with Gasteiger partial charge in [0.2, 0.25) is 5.91 Å². The molecule has 3 rings (SSSR count). The van der Waals surface area contributed by atoms with Crippen molar-refractivity contribution >= 4 is 11.6 Å². The molecule has 1 saturated heterocycles. The molecule has 0 spiro atoms. The molecule has 1 fully saturated rings. The number of carbonyl (C=O) groups is 1. The number of fused-ring (bicyclic) bond motifs is 3. The molecule has 0 aromatic heterocycles. The van der Waals surface area contributed by atoms with Gasteiger partial charge >= 0.3 is 0 Å². The molecule has 2 aliphatic heterocycles. The molecule has 2 aliphatic rings. The smallest absolute Gasteiger partial charge is 0.222 e. The van der Waals surface area contributed by atoms with Crippen LogP contribution in [0.4, 0.5) is 5.69 Å². The summed E-state index contributed by atoms with van der Waals surface area (Å²) in [6.45, 7) is 2.60. The summed E-state index contributed by atoms with van der Waals surface area (Å²) < 4.78 is 12.0. The van der Waals surface area contributed by atoms with Crippen LogP contribution in [-0.4, -0.2) is 56.6 Å². The maximum atomic E-state index is 12.1. The van der Waals surface area contributed by atoms with Crippen LogP contribution in [0.2, 0.25) is 0 Å². The lowest BCUT2D eigenvalue weighted by molar-refractivity contribution is -0.142. The van der Waals surface area contributed by atoms with Crippen LogP contribution in [0, 0.1) is 0 Å². The lowest BCUT2D eigenvalue weighted by Crippen LogP contribution is -2.47. The van der Waals surface area contributed by atoms with E-state index in [1.54, 1.807) is 0 Å². The second-order valence-corrected chi connectivity index (χ2v) is 7.07. The monoisotopic (exact) mass is 348 g/mol. The average Bonchev–Trinajstić information content (AvgIpc) is 2.97. The van der Waals surface area contributed by atoms with Crippen LogP contribution in [-0.2, 0) is 9.53 Å². The Morgan fingerprint density at radius 1 is 1.40 bits per heavy atom. The number of benzene rings is 1. The highest BCUT2D eigenvalue weighted by Gasteiger charge is 2.46. The van der Waals surface area contributed by atoms with Gasteiger partial charge in [-0.2, -0.15) is 0 Å². The first kappa shape index (κ1) is 18.0. The van der Waals surface area contributed by atoms with Crippen molar-refractivity contribution in [3.05, 3.63) is 23.8 Å². The van der Waals surface area contributed by atoms with E-state index in [4.69, 9.17) is 9.47 Å². The summed E-state index contributed by atoms with van der Waals surface area (Å²) in [6, 6.07) is 6.16. The first-order valence-corrected chi connectivity index (χ1v) is 9.04. The molecule has 6 nitrogen and oxygen atoms in total. The van der Waals surface area contributed by atoms with Gasteiger partial charge in [-0.1, -0.05) is 6.92 Å². The van der Waals surface area contributed by atoms with E-state index in [9.17, 15) is 9.90 Å². The zero-order chi connectivity index (χ0) is 18.0. The van der Waals surface area contributed by atoms with Crippen LogP contribution in [0.5, 0.6) is 5.75 Å². The van der Waals surface area contributed by atoms with Gasteiger partial charge in [-0.25, -0.2) is 0 Å². The summed E-state index contributed by atoms with van der Waals surface area (Å²) in [5, 5.41) is 12.6. The number of anilines is 1. The van der Waals surface area contributed by atoms with E-state index in [0.717, 1.165) is 29.8 Å². The molecule has 1 aromatic carbocycles. The molecular formula is C19H28N2O4. The first-order valence-electron chi connectivity index (χ1n) is 9.04. The predicted molar refractivity (Wildman–Crippen MR) is 96.2 cm³/mol. The van der Waals surface area contributed by atoms with Crippen molar-refractivity contribution in [2.75, 3.05) is 32.1 Å². The average molecular weight is 348 g/mol. The van der Waals surface area contributed by atoms with Gasteiger partial charge in [-0.3, -0.25) is 4.79 Å². The number of rotatable bonds is 6. The summed E-state index contributed by atoms with van der Waals surface area (Å²) in [7, 11) is 4.02. The topological polar surface area (TPSA) is 71.0 Å². The standard InChI is InChI=1S/C19H28N2O4/c1-4-7-20-18(23)10-13-9-15-14-8-12(21(2)3)5-6-16(14)25-19(15)17(11-22)24-13/h5-6,8,13,15,17,19,22H,4,7,9-11H2,1-3H3,(H,20,23)/t13-,15-,17+,19+/m0/s1. The number of hydrogen-bond acceptors (Lipinski definition) is 5. The zero-order valence-corrected chi connectivity index (χ0v) is 15.2. The van der Waals surface area contributed by atoms with Crippen LogP contribution >= 0.6 is 0 Å². The van der Waals surface area contributed by atoms with Crippen molar-refractivity contribution in [2.45, 2.75) is 50.4 Å². The molecule has 0 aliphatic carbocycles. The quantitative estimate of drug-likeness (QED) is 0.818. The molecule has 1 amide bonds. The molecule has 0 radical (unpaired) electrons. The molecule has 138 valence electrons. The van der Waals surface area contributed by atoms with Crippen molar-refractivity contribution in [1.29, 1.82) is 0 Å². The van der Waals surface area contributed by atoms with Crippen molar-refractivity contribution in [2.24, 2.45) is 0 Å². The second kappa shape index (κ2) is 7.62. The number of aliphatic hydroxyl groups is 1. The van der Waals surface area contributed by atoms with Crippen LogP contribution in [0.1, 0.15) is 37.7 Å². The third-order valence-corrected chi connectivity index (χ3v) is 4.98. The fourth-order valence-electron chi connectivity index (χ4n) is 3.70. The Hall–Kier alpha value is -1.79. The molecule has 0 bridgehead atoms. The molecule has 6 heteroatoms. The molecule has 1 aromatic rings. The summed E-state index contributed by atoms with van der Waals surface area (Å²) in [4.78, 5) is 14.1. The maximum absolute atomic E-state index is 12.1. The van der Waals surface area contributed by atoms with E-state index in [-0.39, 0.29) is 30.6 Å². The van der Waals surface area contributed by atoms with Crippen molar-refractivity contribution in [1.82, 2.24) is 5.32 Å². The Kier molecular flexibility index (Phi) is 5.49. The van der Waals surface area contributed by atoms with Crippen LogP contribution < -0.4 is 15.0 Å². The van der Waals surface area contributed by atoms with E-state index in [1.165, 1.54) is 0 Å². The minimum absolute atomic E-state index is 0.00294. The summed E-state index contributed by atoms with van der Waals surface area (Å²) in [5.74, 6) is 1.01. The highest BCUT2D eigenvalue weighted by molar-refractivity contribution is 5.76. The van der Waals surface area contributed by atoms with Gasteiger partial charge < -0.3 is 24.8 Å². The lowest BCUT2D eigenvalue weighted by atomic mass is 9.84. The van der Waals surface area contributed by atoms with Gasteiger partial charge in [0.05, 0.1) is 19.1 Å². The number of nitrogens with zero attached hydrogens (tertiary/aromatic N) is 1. The summed E-state index contributed by atoms with van der Waals surface area (Å²) >= 11 is 0. The Balaban J connectivity index is 1.77. The third-order valence-electron chi connectivity index (χ3n) is 4.98. The molecule has 2 heterocycles. The van der Waals surface area contributed by atoms with Crippen LogP contribution in [0.25, 0.3) is 0 Å². The molecular weight excluding hydrogens is 320 g/mol. The van der Waals surface area contributed by atoms with Gasteiger partial charge in [0.25, 0.3) is 0 Å². The highest BCUT2D eigenvalue weighted by Crippen LogP contribution is 2.47. The van der Waals surface area contributed by atoms with Crippen LogP contribution in [0.3, 0.4) is 0 Å². The fraction of sp³-hybridized carbons (Fsp3) is 0.632. The number of hydrogen-bond donors (Lipinski definition) is 2. The predicted octanol–water partition coefficient (Wildman–Crippen LogP) is 1.66. The minimum atomic E-state index is -0.405. The van der Waals surface area contributed by atoms with Crippen LogP contribution in [0.15, 0.2) is 18.2 Å². The second-order valence-electron chi connectivity index (χ2n) is 7.07. The molecule has 4 atom stereocenters. The number of amides is 1. The molecule has 25 heavy (non-hydrogen) atoms. The van der Waals surface area contributed by atoms with E-state index >= 15 is 0 Å².